The lowest BCUT2D eigenvalue weighted by molar-refractivity contribution is 0.0600. The monoisotopic (exact) mass is 376 g/mol. The predicted molar refractivity (Wildman–Crippen MR) is 100 cm³/mol. The third-order valence-corrected chi connectivity index (χ3v) is 4.04. The minimum Gasteiger partial charge on any atom is -0.493 e. The second kappa shape index (κ2) is 9.14. The van der Waals surface area contributed by atoms with Crippen LogP contribution in [0.1, 0.15) is 15.9 Å². The molecule has 0 fully saturated rings. The van der Waals surface area contributed by atoms with E-state index in [2.05, 4.69) is 0 Å². The van der Waals surface area contributed by atoms with Gasteiger partial charge >= 0.3 is 5.97 Å². The highest BCUT2D eigenvalue weighted by Gasteiger charge is 2.22. The van der Waals surface area contributed by atoms with Crippen molar-refractivity contribution in [1.29, 1.82) is 0 Å². The molecule has 0 aliphatic carbocycles. The van der Waals surface area contributed by atoms with Gasteiger partial charge in [-0.25, -0.2) is 4.79 Å². The van der Waals surface area contributed by atoms with Crippen molar-refractivity contribution in [2.24, 2.45) is 0 Å². The summed E-state index contributed by atoms with van der Waals surface area (Å²) in [4.78, 5) is 12.1. The number of benzene rings is 2. The van der Waals surface area contributed by atoms with E-state index in [4.69, 9.17) is 28.4 Å². The number of ether oxygens (including phenoxy) is 6. The fraction of sp³-hybridized carbons (Fsp3) is 0.350. The first-order chi connectivity index (χ1) is 13.0. The number of methoxy groups -OCH3 is 6. The van der Waals surface area contributed by atoms with E-state index in [9.17, 15) is 4.79 Å². The molecule has 27 heavy (non-hydrogen) atoms. The summed E-state index contributed by atoms with van der Waals surface area (Å²) in [5.41, 5.74) is 2.47. The number of rotatable bonds is 8. The zero-order valence-electron chi connectivity index (χ0n) is 16.4. The van der Waals surface area contributed by atoms with Crippen LogP contribution in [0.25, 0.3) is 11.1 Å². The summed E-state index contributed by atoms with van der Waals surface area (Å²) in [6, 6.07) is 6.96. The van der Waals surface area contributed by atoms with Gasteiger partial charge in [-0.3, -0.25) is 0 Å². The molecule has 7 heteroatoms. The van der Waals surface area contributed by atoms with Crippen LogP contribution in [0.3, 0.4) is 0 Å². The quantitative estimate of drug-likeness (QED) is 0.655. The molecule has 2 aromatic rings. The molecule has 2 aromatic carbocycles. The summed E-state index contributed by atoms with van der Waals surface area (Å²) in [7, 11) is 9.06. The van der Waals surface area contributed by atoms with Gasteiger partial charge in [0.2, 0.25) is 0 Å². The topological polar surface area (TPSA) is 72.5 Å². The van der Waals surface area contributed by atoms with Crippen molar-refractivity contribution in [3.8, 4) is 34.1 Å². The van der Waals surface area contributed by atoms with E-state index in [0.29, 0.717) is 46.3 Å². The third kappa shape index (κ3) is 4.09. The van der Waals surface area contributed by atoms with E-state index >= 15 is 0 Å². The molecule has 0 aromatic heterocycles. The molecular weight excluding hydrogens is 352 g/mol. The number of hydrogen-bond acceptors (Lipinski definition) is 7. The predicted octanol–water partition coefficient (Wildman–Crippen LogP) is 3.32. The first-order valence-corrected chi connectivity index (χ1v) is 8.13. The van der Waals surface area contributed by atoms with Crippen molar-refractivity contribution in [2.75, 3.05) is 42.7 Å². The second-order valence-electron chi connectivity index (χ2n) is 5.56. The average molecular weight is 376 g/mol. The van der Waals surface area contributed by atoms with Gasteiger partial charge in [0.05, 0.1) is 47.7 Å². The summed E-state index contributed by atoms with van der Waals surface area (Å²) in [5, 5.41) is 0. The van der Waals surface area contributed by atoms with Crippen LogP contribution < -0.4 is 18.9 Å². The first kappa shape index (κ1) is 20.4. The lowest BCUT2D eigenvalue weighted by Gasteiger charge is -2.19. The smallest absolute Gasteiger partial charge is 0.338 e. The third-order valence-electron chi connectivity index (χ3n) is 4.04. The van der Waals surface area contributed by atoms with Gasteiger partial charge in [-0.15, -0.1) is 0 Å². The Morgan fingerprint density at radius 3 is 1.78 bits per heavy atom. The Morgan fingerprint density at radius 2 is 1.30 bits per heavy atom. The van der Waals surface area contributed by atoms with Crippen molar-refractivity contribution < 1.29 is 33.2 Å². The molecule has 0 saturated heterocycles. The van der Waals surface area contributed by atoms with E-state index in [-0.39, 0.29) is 0 Å². The first-order valence-electron chi connectivity index (χ1n) is 8.13. The minimum absolute atomic E-state index is 0.323. The standard InChI is InChI=1S/C20H24O7/c1-22-11-12-7-14(18(25-4)16(8-12)23-2)15-9-13(20(21)27-6)10-17(24-3)19(15)26-5/h7-10H,11H2,1-6H3. The zero-order valence-corrected chi connectivity index (χ0v) is 16.4. The maximum Gasteiger partial charge on any atom is 0.338 e. The van der Waals surface area contributed by atoms with E-state index < -0.39 is 5.97 Å². The van der Waals surface area contributed by atoms with Crippen LogP contribution in [0.15, 0.2) is 24.3 Å². The van der Waals surface area contributed by atoms with Crippen LogP contribution in [0.5, 0.6) is 23.0 Å². The highest BCUT2D eigenvalue weighted by atomic mass is 16.5. The van der Waals surface area contributed by atoms with E-state index in [1.165, 1.54) is 21.3 Å². The Balaban J connectivity index is 2.85. The maximum absolute atomic E-state index is 12.1. The molecule has 0 N–H and O–H groups in total. The van der Waals surface area contributed by atoms with E-state index in [1.54, 1.807) is 33.5 Å². The molecular formula is C20H24O7. The normalized spacial score (nSPS) is 10.3. The summed E-state index contributed by atoms with van der Waals surface area (Å²) in [6.45, 7) is 0.378. The number of carbonyl (C=O) groups is 1. The molecule has 0 saturated carbocycles. The van der Waals surface area contributed by atoms with Gasteiger partial charge < -0.3 is 28.4 Å². The molecule has 0 aliphatic heterocycles. The van der Waals surface area contributed by atoms with Gasteiger partial charge in [0.25, 0.3) is 0 Å². The van der Waals surface area contributed by atoms with Gasteiger partial charge in [0.1, 0.15) is 0 Å². The van der Waals surface area contributed by atoms with E-state index in [0.717, 1.165) is 5.56 Å². The number of esters is 1. The summed E-state index contributed by atoms with van der Waals surface area (Å²) in [6.07, 6.45) is 0. The van der Waals surface area contributed by atoms with Gasteiger partial charge in [0, 0.05) is 18.2 Å². The highest BCUT2D eigenvalue weighted by molar-refractivity contribution is 5.94. The fourth-order valence-corrected chi connectivity index (χ4v) is 2.87. The summed E-state index contributed by atoms with van der Waals surface area (Å²) in [5.74, 6) is 1.40. The zero-order chi connectivity index (χ0) is 20.0. The molecule has 0 unspecified atom stereocenters. The molecule has 0 radical (unpaired) electrons. The number of hydrogen-bond donors (Lipinski definition) is 0. The summed E-state index contributed by atoms with van der Waals surface area (Å²) < 4.78 is 32.1. The van der Waals surface area contributed by atoms with Crippen LogP contribution in [-0.2, 0) is 16.1 Å². The molecule has 7 nitrogen and oxygen atoms in total. The maximum atomic E-state index is 12.1. The molecule has 0 amide bonds. The molecule has 0 heterocycles. The van der Waals surface area contributed by atoms with E-state index in [1.807, 2.05) is 12.1 Å². The number of carbonyl (C=O) groups excluding carboxylic acids is 1. The van der Waals surface area contributed by atoms with Crippen molar-refractivity contribution in [3.63, 3.8) is 0 Å². The summed E-state index contributed by atoms with van der Waals surface area (Å²) >= 11 is 0. The van der Waals surface area contributed by atoms with Gasteiger partial charge in [-0.05, 0) is 29.8 Å². The SMILES string of the molecule is COCc1cc(OC)c(OC)c(-c2cc(C(=O)OC)cc(OC)c2OC)c1. The lowest BCUT2D eigenvalue weighted by Crippen LogP contribution is -2.05. The minimum atomic E-state index is -0.490. The Hall–Kier alpha value is -2.93. The Bertz CT molecular complexity index is 814. The van der Waals surface area contributed by atoms with Crippen LogP contribution in [0, 0.1) is 0 Å². The van der Waals surface area contributed by atoms with Crippen molar-refractivity contribution in [3.05, 3.63) is 35.4 Å². The van der Waals surface area contributed by atoms with Crippen LogP contribution >= 0.6 is 0 Å². The van der Waals surface area contributed by atoms with Gasteiger partial charge in [-0.2, -0.15) is 0 Å². The second-order valence-corrected chi connectivity index (χ2v) is 5.56. The molecule has 0 atom stereocenters. The van der Waals surface area contributed by atoms with Crippen LogP contribution in [-0.4, -0.2) is 48.6 Å². The molecule has 146 valence electrons. The molecule has 0 aliphatic rings. The molecule has 0 bridgehead atoms. The Kier molecular flexibility index (Phi) is 6.90. The van der Waals surface area contributed by atoms with Crippen LogP contribution in [0.4, 0.5) is 0 Å². The van der Waals surface area contributed by atoms with Crippen LogP contribution in [0.2, 0.25) is 0 Å². The Labute approximate surface area is 158 Å². The van der Waals surface area contributed by atoms with Crippen molar-refractivity contribution in [1.82, 2.24) is 0 Å². The van der Waals surface area contributed by atoms with Gasteiger partial charge in [0.15, 0.2) is 23.0 Å². The largest absolute Gasteiger partial charge is 0.493 e. The Morgan fingerprint density at radius 1 is 0.741 bits per heavy atom. The van der Waals surface area contributed by atoms with Crippen molar-refractivity contribution in [2.45, 2.75) is 6.61 Å². The molecule has 0 spiro atoms. The lowest BCUT2D eigenvalue weighted by atomic mass is 9.97. The molecule has 2 rings (SSSR count). The van der Waals surface area contributed by atoms with Crippen molar-refractivity contribution >= 4 is 5.97 Å². The fourth-order valence-electron chi connectivity index (χ4n) is 2.87. The highest BCUT2D eigenvalue weighted by Crippen LogP contribution is 2.46. The van der Waals surface area contributed by atoms with Gasteiger partial charge in [-0.1, -0.05) is 0 Å². The average Bonchev–Trinajstić information content (AvgIpc) is 2.71.